The van der Waals surface area contributed by atoms with Crippen molar-refractivity contribution in [2.24, 2.45) is 0 Å². The lowest BCUT2D eigenvalue weighted by Crippen LogP contribution is -2.26. The molecule has 0 saturated heterocycles. The van der Waals surface area contributed by atoms with Gasteiger partial charge in [0.25, 0.3) is 5.56 Å². The molecular formula is C24H19ClFN5O. The summed E-state index contributed by atoms with van der Waals surface area (Å²) in [5.74, 6) is -0.427. The minimum atomic E-state index is -0.427. The average molecular weight is 448 g/mol. The van der Waals surface area contributed by atoms with E-state index < -0.39 is 5.82 Å². The van der Waals surface area contributed by atoms with E-state index in [-0.39, 0.29) is 11.6 Å². The van der Waals surface area contributed by atoms with Crippen molar-refractivity contribution in [2.75, 3.05) is 5.32 Å². The average Bonchev–Trinajstić information content (AvgIpc) is 3.14. The molecule has 0 radical (unpaired) electrons. The number of fused-ring (bicyclic) bond motifs is 2. The van der Waals surface area contributed by atoms with Gasteiger partial charge in [0.05, 0.1) is 45.9 Å². The summed E-state index contributed by atoms with van der Waals surface area (Å²) in [6.45, 7) is 3.84. The van der Waals surface area contributed by atoms with Crippen LogP contribution in [0.2, 0.25) is 5.02 Å². The van der Waals surface area contributed by atoms with E-state index in [2.05, 4.69) is 15.4 Å². The molecule has 2 aromatic carbocycles. The Bertz CT molecular complexity index is 1540. The minimum absolute atomic E-state index is 0.307. The summed E-state index contributed by atoms with van der Waals surface area (Å²) in [5, 5.41) is 9.19. The molecule has 8 heteroatoms. The zero-order chi connectivity index (χ0) is 22.4. The number of imidazole rings is 1. The number of pyridine rings is 1. The second-order valence-corrected chi connectivity index (χ2v) is 8.06. The van der Waals surface area contributed by atoms with Crippen LogP contribution in [0.4, 0.5) is 10.1 Å². The molecule has 0 fully saturated rings. The minimum Gasteiger partial charge on any atom is -0.374 e. The second-order valence-electron chi connectivity index (χ2n) is 7.66. The Labute approximate surface area is 187 Å². The van der Waals surface area contributed by atoms with Crippen molar-refractivity contribution in [1.82, 2.24) is 19.2 Å². The summed E-state index contributed by atoms with van der Waals surface area (Å²) < 4.78 is 17.3. The first-order chi connectivity index (χ1) is 15.4. The van der Waals surface area contributed by atoms with Gasteiger partial charge in [0.15, 0.2) is 5.65 Å². The van der Waals surface area contributed by atoms with Gasteiger partial charge in [-0.15, -0.1) is 0 Å². The van der Waals surface area contributed by atoms with Gasteiger partial charge < -0.3 is 5.32 Å². The first-order valence-corrected chi connectivity index (χ1v) is 10.5. The first kappa shape index (κ1) is 20.2. The molecule has 32 heavy (non-hydrogen) atoms. The maximum absolute atomic E-state index is 14.1. The topological polar surface area (TPSA) is 64.2 Å². The number of hydrogen-bond acceptors (Lipinski definition) is 4. The molecule has 5 rings (SSSR count). The molecule has 3 aromatic heterocycles. The summed E-state index contributed by atoms with van der Waals surface area (Å²) in [6, 6.07) is 14.7. The molecule has 6 nitrogen and oxygen atoms in total. The number of hydrogen-bond donors (Lipinski definition) is 1. The molecule has 3 heterocycles. The highest BCUT2D eigenvalue weighted by Crippen LogP contribution is 2.28. The number of nitrogens with one attached hydrogen (secondary N) is 1. The second kappa shape index (κ2) is 7.76. The number of halogens is 2. The number of rotatable bonds is 4. The van der Waals surface area contributed by atoms with Crippen LogP contribution in [-0.2, 0) is 0 Å². The van der Waals surface area contributed by atoms with E-state index >= 15 is 0 Å². The number of nitrogens with zero attached hydrogens (tertiary/aromatic N) is 4. The summed E-state index contributed by atoms with van der Waals surface area (Å²) in [5.41, 5.74) is 3.08. The van der Waals surface area contributed by atoms with E-state index in [1.165, 1.54) is 16.7 Å². The summed E-state index contributed by atoms with van der Waals surface area (Å²) in [4.78, 5) is 18.1. The van der Waals surface area contributed by atoms with Crippen molar-refractivity contribution in [3.63, 3.8) is 0 Å². The summed E-state index contributed by atoms with van der Waals surface area (Å²) in [7, 11) is 0. The van der Waals surface area contributed by atoms with Gasteiger partial charge >= 0.3 is 0 Å². The Morgan fingerprint density at radius 3 is 2.75 bits per heavy atom. The normalized spacial score (nSPS) is 12.4. The van der Waals surface area contributed by atoms with E-state index in [1.807, 2.05) is 38.2 Å². The molecule has 5 aromatic rings. The zero-order valence-corrected chi connectivity index (χ0v) is 18.1. The molecule has 0 aliphatic carbocycles. The third-order valence-corrected chi connectivity index (χ3v) is 5.70. The van der Waals surface area contributed by atoms with Crippen molar-refractivity contribution in [2.45, 2.75) is 19.9 Å². The lowest BCUT2D eigenvalue weighted by molar-refractivity contribution is 0.625. The van der Waals surface area contributed by atoms with E-state index in [4.69, 9.17) is 11.6 Å². The van der Waals surface area contributed by atoms with Crippen LogP contribution in [0.15, 0.2) is 71.8 Å². The van der Waals surface area contributed by atoms with Crippen molar-refractivity contribution in [3.05, 3.63) is 99.6 Å². The quantitative estimate of drug-likeness (QED) is 0.405. The molecule has 1 N–H and O–H groups in total. The van der Waals surface area contributed by atoms with Crippen LogP contribution in [0.25, 0.3) is 22.1 Å². The first-order valence-electron chi connectivity index (χ1n) is 10.1. The van der Waals surface area contributed by atoms with Crippen molar-refractivity contribution in [1.29, 1.82) is 0 Å². The monoisotopic (exact) mass is 447 g/mol. The van der Waals surface area contributed by atoms with Crippen LogP contribution in [-0.4, -0.2) is 19.2 Å². The fourth-order valence-electron chi connectivity index (χ4n) is 3.97. The number of anilines is 1. The van der Waals surface area contributed by atoms with Crippen LogP contribution in [0.3, 0.4) is 0 Å². The Balaban J connectivity index is 1.71. The number of aromatic nitrogens is 4. The van der Waals surface area contributed by atoms with Crippen molar-refractivity contribution < 1.29 is 4.39 Å². The lowest BCUT2D eigenvalue weighted by atomic mass is 10.1. The molecule has 0 spiro atoms. The molecule has 1 unspecified atom stereocenters. The SMILES string of the molecule is Cc1cn2nccc(NC(C)c3cc4cccc(Cl)c4c(=O)n3-c3cccc(F)c3)c2n1. The zero-order valence-electron chi connectivity index (χ0n) is 17.4. The van der Waals surface area contributed by atoms with E-state index in [0.717, 1.165) is 16.8 Å². The van der Waals surface area contributed by atoms with Crippen molar-refractivity contribution >= 4 is 33.7 Å². The largest absolute Gasteiger partial charge is 0.374 e. The van der Waals surface area contributed by atoms with E-state index in [0.29, 0.717) is 27.4 Å². The molecule has 160 valence electrons. The van der Waals surface area contributed by atoms with Crippen LogP contribution < -0.4 is 10.9 Å². The summed E-state index contributed by atoms with van der Waals surface area (Å²) in [6.07, 6.45) is 3.52. The number of aryl methyl sites for hydroxylation is 1. The maximum Gasteiger partial charge on any atom is 0.264 e. The maximum atomic E-state index is 14.1. The van der Waals surface area contributed by atoms with Gasteiger partial charge in [-0.3, -0.25) is 9.36 Å². The van der Waals surface area contributed by atoms with Crippen LogP contribution in [0.5, 0.6) is 0 Å². The van der Waals surface area contributed by atoms with Gasteiger partial charge in [0, 0.05) is 5.69 Å². The Hall–Kier alpha value is -3.71. The predicted molar refractivity (Wildman–Crippen MR) is 124 cm³/mol. The van der Waals surface area contributed by atoms with Crippen LogP contribution >= 0.6 is 11.6 Å². The fourth-order valence-corrected chi connectivity index (χ4v) is 4.23. The molecule has 0 aliphatic heterocycles. The van der Waals surface area contributed by atoms with Gasteiger partial charge in [-0.1, -0.05) is 29.8 Å². The standard InChI is InChI=1S/C24H19ClFN5O/c1-14-13-30-23(28-14)20(9-10-27-30)29-15(2)21-11-16-5-3-8-19(25)22(16)24(32)31(21)18-7-4-6-17(26)12-18/h3-13,15,29H,1-2H3. The third-order valence-electron chi connectivity index (χ3n) is 5.39. The highest BCUT2D eigenvalue weighted by molar-refractivity contribution is 6.35. The Morgan fingerprint density at radius 2 is 1.94 bits per heavy atom. The highest BCUT2D eigenvalue weighted by atomic mass is 35.5. The Morgan fingerprint density at radius 1 is 1.12 bits per heavy atom. The Kier molecular flexibility index (Phi) is 4.90. The smallest absolute Gasteiger partial charge is 0.264 e. The molecule has 0 amide bonds. The number of benzene rings is 2. The molecule has 0 aliphatic rings. The molecule has 1 atom stereocenters. The van der Waals surface area contributed by atoms with Gasteiger partial charge in [0.1, 0.15) is 5.82 Å². The molecule has 0 saturated carbocycles. The van der Waals surface area contributed by atoms with Crippen LogP contribution in [0, 0.1) is 12.7 Å². The fraction of sp³-hybridized carbons (Fsp3) is 0.125. The van der Waals surface area contributed by atoms with E-state index in [1.54, 1.807) is 35.0 Å². The van der Waals surface area contributed by atoms with Gasteiger partial charge in [0.2, 0.25) is 0 Å². The van der Waals surface area contributed by atoms with E-state index in [9.17, 15) is 9.18 Å². The van der Waals surface area contributed by atoms with Crippen molar-refractivity contribution in [3.8, 4) is 5.69 Å². The van der Waals surface area contributed by atoms with Gasteiger partial charge in [-0.2, -0.15) is 5.10 Å². The third kappa shape index (κ3) is 3.40. The predicted octanol–water partition coefficient (Wildman–Crippen LogP) is 5.31. The highest BCUT2D eigenvalue weighted by Gasteiger charge is 2.19. The summed E-state index contributed by atoms with van der Waals surface area (Å²) >= 11 is 6.36. The lowest BCUT2D eigenvalue weighted by Gasteiger charge is -2.22. The van der Waals surface area contributed by atoms with Gasteiger partial charge in [-0.25, -0.2) is 13.9 Å². The van der Waals surface area contributed by atoms with Crippen LogP contribution in [0.1, 0.15) is 24.4 Å². The van der Waals surface area contributed by atoms with Gasteiger partial charge in [-0.05, 0) is 55.6 Å². The molecule has 0 bridgehead atoms. The molecular weight excluding hydrogens is 429 g/mol.